The summed E-state index contributed by atoms with van der Waals surface area (Å²) in [5.74, 6) is 1.04. The van der Waals surface area contributed by atoms with Crippen LogP contribution in [0.3, 0.4) is 0 Å². The normalized spacial score (nSPS) is 18.1. The van der Waals surface area contributed by atoms with Crippen molar-refractivity contribution in [3.05, 3.63) is 16.1 Å². The molecule has 0 spiro atoms. The van der Waals surface area contributed by atoms with Crippen LogP contribution < -0.4 is 5.32 Å². The quantitative estimate of drug-likeness (QED) is 0.305. The molecule has 1 aliphatic heterocycles. The zero-order valence-corrected chi connectivity index (χ0v) is 21.7. The Labute approximate surface area is 199 Å². The van der Waals surface area contributed by atoms with Crippen LogP contribution in [0, 0.1) is 5.92 Å². The number of nitrogens with zero attached hydrogens (tertiary/aromatic N) is 4. The van der Waals surface area contributed by atoms with Crippen molar-refractivity contribution < 1.29 is 13.2 Å². The zero-order chi connectivity index (χ0) is 21.7. The minimum absolute atomic E-state index is 0. The van der Waals surface area contributed by atoms with Crippen molar-refractivity contribution >= 4 is 41.3 Å². The van der Waals surface area contributed by atoms with E-state index in [1.165, 1.54) is 4.90 Å². The number of guanidine groups is 1. The van der Waals surface area contributed by atoms with E-state index in [0.29, 0.717) is 13.1 Å². The molecule has 1 N–H and O–H groups in total. The molecule has 2 heterocycles. The van der Waals surface area contributed by atoms with Gasteiger partial charge in [0.1, 0.15) is 0 Å². The summed E-state index contributed by atoms with van der Waals surface area (Å²) in [6.45, 7) is 10.6. The van der Waals surface area contributed by atoms with Gasteiger partial charge in [0.25, 0.3) is 0 Å². The third kappa shape index (κ3) is 8.86. The lowest BCUT2D eigenvalue weighted by atomic mass is 9.93. The predicted molar refractivity (Wildman–Crippen MR) is 129 cm³/mol. The fraction of sp³-hybridized carbons (Fsp3) is 0.800. The molecule has 0 aliphatic carbocycles. The predicted octanol–water partition coefficient (Wildman–Crippen LogP) is 4.38. The maximum Gasteiger partial charge on any atom is 0.401 e. The Morgan fingerprint density at radius 3 is 2.60 bits per heavy atom. The highest BCUT2D eigenvalue weighted by atomic mass is 127. The van der Waals surface area contributed by atoms with Crippen LogP contribution in [0.1, 0.15) is 44.8 Å². The Bertz CT molecular complexity index is 672. The lowest BCUT2D eigenvalue weighted by molar-refractivity contribution is -0.146. The van der Waals surface area contributed by atoms with Gasteiger partial charge in [-0.3, -0.25) is 9.89 Å². The third-order valence-corrected chi connectivity index (χ3v) is 6.01. The highest BCUT2D eigenvalue weighted by molar-refractivity contribution is 14.0. The average Bonchev–Trinajstić information content (AvgIpc) is 3.26. The van der Waals surface area contributed by atoms with E-state index in [1.807, 2.05) is 0 Å². The van der Waals surface area contributed by atoms with Crippen LogP contribution in [0.4, 0.5) is 13.2 Å². The van der Waals surface area contributed by atoms with Crippen LogP contribution >= 0.6 is 35.3 Å². The fourth-order valence-electron chi connectivity index (χ4n) is 3.48. The molecule has 1 unspecified atom stereocenters. The van der Waals surface area contributed by atoms with Gasteiger partial charge in [-0.1, -0.05) is 27.7 Å². The van der Waals surface area contributed by atoms with Crippen molar-refractivity contribution in [2.75, 3.05) is 46.3 Å². The summed E-state index contributed by atoms with van der Waals surface area (Å²) < 4.78 is 38.1. The molecule has 2 rings (SSSR count). The molecular formula is C20H35F3IN5S. The second-order valence-electron chi connectivity index (χ2n) is 8.64. The molecule has 0 bridgehead atoms. The smallest absolute Gasteiger partial charge is 0.356 e. The summed E-state index contributed by atoms with van der Waals surface area (Å²) in [7, 11) is 1.75. The van der Waals surface area contributed by atoms with Crippen LogP contribution in [0.25, 0.3) is 0 Å². The molecule has 0 amide bonds. The van der Waals surface area contributed by atoms with E-state index in [1.54, 1.807) is 25.3 Å². The molecule has 1 aromatic rings. The van der Waals surface area contributed by atoms with Gasteiger partial charge in [-0.15, -0.1) is 35.3 Å². The molecular weight excluding hydrogens is 526 g/mol. The average molecular weight is 562 g/mol. The number of hydrogen-bond acceptors (Lipinski definition) is 4. The molecule has 10 heteroatoms. The van der Waals surface area contributed by atoms with Crippen LogP contribution in [0.2, 0.25) is 0 Å². The molecule has 0 saturated carbocycles. The molecule has 1 aliphatic rings. The maximum atomic E-state index is 12.7. The van der Waals surface area contributed by atoms with Gasteiger partial charge in [-0.2, -0.15) is 13.2 Å². The van der Waals surface area contributed by atoms with E-state index >= 15 is 0 Å². The van der Waals surface area contributed by atoms with Gasteiger partial charge in [0, 0.05) is 50.4 Å². The Hall–Kier alpha value is -0.620. The summed E-state index contributed by atoms with van der Waals surface area (Å²) in [6, 6.07) is 0. The standard InChI is InChI=1S/C20H34F3N5S.HI/c1-6-27(14-20(21,22)23)11-15-8-10-28(12-15)18(24-5)25-9-7-17-26-16(13-29-17)19(2,3)4;/h13,15H,6-12,14H2,1-5H3,(H,24,25);1H. The second-order valence-corrected chi connectivity index (χ2v) is 9.59. The van der Waals surface area contributed by atoms with Gasteiger partial charge in [-0.25, -0.2) is 4.98 Å². The Morgan fingerprint density at radius 2 is 2.07 bits per heavy atom. The summed E-state index contributed by atoms with van der Waals surface area (Å²) in [5, 5.41) is 6.60. The van der Waals surface area contributed by atoms with E-state index in [9.17, 15) is 13.2 Å². The number of halogens is 4. The number of thiazole rings is 1. The summed E-state index contributed by atoms with van der Waals surface area (Å²) in [4.78, 5) is 12.7. The number of aromatic nitrogens is 1. The summed E-state index contributed by atoms with van der Waals surface area (Å²) >= 11 is 1.68. The van der Waals surface area contributed by atoms with Crippen LogP contribution in [0.15, 0.2) is 10.4 Å². The summed E-state index contributed by atoms with van der Waals surface area (Å²) in [5.41, 5.74) is 1.17. The number of hydrogen-bond donors (Lipinski definition) is 1. The Kier molecular flexibility index (Phi) is 10.8. The van der Waals surface area contributed by atoms with Crippen molar-refractivity contribution in [2.45, 2.75) is 52.1 Å². The first kappa shape index (κ1) is 27.4. The molecule has 1 aromatic heterocycles. The van der Waals surface area contributed by atoms with Crippen molar-refractivity contribution in [1.82, 2.24) is 20.1 Å². The van der Waals surface area contributed by atoms with Crippen LogP contribution in [-0.2, 0) is 11.8 Å². The van der Waals surface area contributed by atoms with Gasteiger partial charge in [0.05, 0.1) is 17.2 Å². The molecule has 0 aromatic carbocycles. The van der Waals surface area contributed by atoms with Gasteiger partial charge in [0.15, 0.2) is 5.96 Å². The highest BCUT2D eigenvalue weighted by Crippen LogP contribution is 2.24. The first-order valence-electron chi connectivity index (χ1n) is 10.2. The zero-order valence-electron chi connectivity index (χ0n) is 18.6. The fourth-order valence-corrected chi connectivity index (χ4v) is 4.51. The maximum absolute atomic E-state index is 12.7. The van der Waals surface area contributed by atoms with Crippen LogP contribution in [0.5, 0.6) is 0 Å². The van der Waals surface area contributed by atoms with Gasteiger partial charge >= 0.3 is 6.18 Å². The van der Waals surface area contributed by atoms with E-state index < -0.39 is 12.7 Å². The Balaban J connectivity index is 0.00000450. The van der Waals surface area contributed by atoms with Gasteiger partial charge < -0.3 is 10.2 Å². The SMILES string of the molecule is CCN(CC1CCN(C(=NC)NCCc2nc(C(C)(C)C)cs2)C1)CC(F)(F)F.I. The highest BCUT2D eigenvalue weighted by Gasteiger charge is 2.33. The lowest BCUT2D eigenvalue weighted by Gasteiger charge is -2.26. The monoisotopic (exact) mass is 561 g/mol. The number of likely N-dealkylation sites (tertiary alicyclic amines) is 1. The van der Waals surface area contributed by atoms with Crippen molar-refractivity contribution in [3.63, 3.8) is 0 Å². The number of nitrogens with one attached hydrogen (secondary N) is 1. The van der Waals surface area contributed by atoms with E-state index in [2.05, 4.69) is 41.4 Å². The molecule has 0 radical (unpaired) electrons. The van der Waals surface area contributed by atoms with Gasteiger partial charge in [0.2, 0.25) is 0 Å². The molecule has 1 atom stereocenters. The topological polar surface area (TPSA) is 43.8 Å². The lowest BCUT2D eigenvalue weighted by Crippen LogP contribution is -2.42. The molecule has 174 valence electrons. The van der Waals surface area contributed by atoms with Gasteiger partial charge in [-0.05, 0) is 18.9 Å². The van der Waals surface area contributed by atoms with Crippen molar-refractivity contribution in [1.29, 1.82) is 0 Å². The van der Waals surface area contributed by atoms with Crippen molar-refractivity contribution in [3.8, 4) is 0 Å². The largest absolute Gasteiger partial charge is 0.401 e. The van der Waals surface area contributed by atoms with E-state index in [4.69, 9.17) is 4.98 Å². The molecule has 1 fully saturated rings. The van der Waals surface area contributed by atoms with Crippen molar-refractivity contribution in [2.24, 2.45) is 10.9 Å². The molecule has 1 saturated heterocycles. The number of alkyl halides is 3. The number of aliphatic imine (C=N–C) groups is 1. The Morgan fingerprint density at radius 1 is 1.37 bits per heavy atom. The minimum atomic E-state index is -4.14. The first-order valence-corrected chi connectivity index (χ1v) is 11.1. The summed E-state index contributed by atoms with van der Waals surface area (Å²) in [6.07, 6.45) is -2.43. The first-order chi connectivity index (χ1) is 13.5. The molecule has 30 heavy (non-hydrogen) atoms. The van der Waals surface area contributed by atoms with Crippen LogP contribution in [-0.4, -0.2) is 73.2 Å². The molecule has 5 nitrogen and oxygen atoms in total. The van der Waals surface area contributed by atoms with E-state index in [0.717, 1.165) is 49.1 Å². The number of rotatable bonds is 7. The minimum Gasteiger partial charge on any atom is -0.356 e. The third-order valence-electron chi connectivity index (χ3n) is 5.11. The van der Waals surface area contributed by atoms with E-state index in [-0.39, 0.29) is 35.3 Å². The second kappa shape index (κ2) is 11.8.